The van der Waals surface area contributed by atoms with Gasteiger partial charge in [0.2, 0.25) is 0 Å². The predicted molar refractivity (Wildman–Crippen MR) is 146 cm³/mol. The summed E-state index contributed by atoms with van der Waals surface area (Å²) in [4.78, 5) is 0. The van der Waals surface area contributed by atoms with Crippen molar-refractivity contribution >= 4 is 17.1 Å². The molecule has 1 spiro atoms. The minimum Gasteiger partial charge on any atom is -0.414 e. The van der Waals surface area contributed by atoms with Crippen molar-refractivity contribution in [1.29, 1.82) is 0 Å². The minimum atomic E-state index is -2.89. The Bertz CT molecular complexity index is 878. The Labute approximate surface area is 226 Å². The first-order chi connectivity index (χ1) is 17.0. The van der Waals surface area contributed by atoms with Crippen molar-refractivity contribution in [2.24, 2.45) is 16.7 Å². The van der Waals surface area contributed by atoms with Crippen molar-refractivity contribution in [2.75, 3.05) is 0 Å². The van der Waals surface area contributed by atoms with E-state index in [1.54, 1.807) is 0 Å². The molecule has 1 unspecified atom stereocenters. The van der Waals surface area contributed by atoms with Crippen LogP contribution in [0, 0.1) is 16.7 Å². The van der Waals surface area contributed by atoms with Crippen molar-refractivity contribution in [3.63, 3.8) is 0 Å². The molecule has 2 bridgehead atoms. The van der Waals surface area contributed by atoms with Crippen molar-refractivity contribution in [3.8, 4) is 0 Å². The van der Waals surface area contributed by atoms with Gasteiger partial charge < -0.3 is 32.7 Å². The van der Waals surface area contributed by atoms with Crippen LogP contribution in [0.2, 0.25) is 22.2 Å². The highest BCUT2D eigenvalue weighted by molar-refractivity contribution is 6.84. The molecule has 9 atom stereocenters. The third kappa shape index (κ3) is 3.54. The molecule has 214 valence electrons. The van der Waals surface area contributed by atoms with Gasteiger partial charge in [-0.05, 0) is 46.3 Å². The molecule has 0 aromatic carbocycles. The zero-order valence-corrected chi connectivity index (χ0v) is 26.9. The fourth-order valence-corrected chi connectivity index (χ4v) is 20.1. The van der Waals surface area contributed by atoms with Gasteiger partial charge in [0, 0.05) is 11.8 Å². The van der Waals surface area contributed by atoms with E-state index in [4.69, 9.17) is 22.4 Å². The van der Waals surface area contributed by atoms with Crippen molar-refractivity contribution in [3.05, 3.63) is 0 Å². The number of hydrogen-bond donors (Lipinski definition) is 2. The summed E-state index contributed by atoms with van der Waals surface area (Å²) in [7, 11) is -5.77. The van der Waals surface area contributed by atoms with Gasteiger partial charge in [-0.2, -0.15) is 0 Å². The van der Waals surface area contributed by atoms with Crippen LogP contribution in [-0.2, 0) is 22.4 Å². The molecule has 2 heterocycles. The molecule has 5 rings (SSSR count). The molecule has 0 amide bonds. The summed E-state index contributed by atoms with van der Waals surface area (Å²) in [6, 6.07) is 0. The molecule has 3 saturated carbocycles. The maximum absolute atomic E-state index is 11.6. The predicted octanol–water partition coefficient (Wildman–Crippen LogP) is 5.37. The lowest BCUT2D eigenvalue weighted by Crippen LogP contribution is -2.66. The third-order valence-electron chi connectivity index (χ3n) is 11.6. The summed E-state index contributed by atoms with van der Waals surface area (Å²) in [6.45, 7) is 24.4. The van der Waals surface area contributed by atoms with Crippen LogP contribution in [0.3, 0.4) is 0 Å². The van der Waals surface area contributed by atoms with Gasteiger partial charge in [-0.15, -0.1) is 0 Å². The standard InChI is InChI=1S/C28H52O7Si2/c1-15(2)36(16(3)4)33-23-21(30)20(29)22-24(25(23)34-37(35-36,17(5)6)18(7)8)32-28(31-22)14-19-12-13-27(28,11)26(19,9)10/h15-25,29-30H,12-14H2,1-11H3/t19-,20+,21+,22-,23-,24-,25+,27-,28?/m1/s1. The summed E-state index contributed by atoms with van der Waals surface area (Å²) in [6.07, 6.45) is -1.70. The van der Waals surface area contributed by atoms with Gasteiger partial charge in [-0.25, -0.2) is 0 Å². The van der Waals surface area contributed by atoms with Gasteiger partial charge in [-0.1, -0.05) is 76.2 Å². The first-order valence-corrected chi connectivity index (χ1v) is 18.7. The van der Waals surface area contributed by atoms with E-state index in [1.807, 2.05) is 0 Å². The Morgan fingerprint density at radius 1 is 0.676 bits per heavy atom. The van der Waals surface area contributed by atoms with Crippen LogP contribution in [0.25, 0.3) is 0 Å². The smallest absolute Gasteiger partial charge is 0.335 e. The molecule has 2 N–H and O–H groups in total. The molecule has 2 saturated heterocycles. The maximum atomic E-state index is 11.6. The maximum Gasteiger partial charge on any atom is 0.335 e. The van der Waals surface area contributed by atoms with Crippen LogP contribution < -0.4 is 0 Å². The summed E-state index contributed by atoms with van der Waals surface area (Å²) < 4.78 is 35.5. The highest BCUT2D eigenvalue weighted by Crippen LogP contribution is 2.73. The van der Waals surface area contributed by atoms with Gasteiger partial charge in [-0.3, -0.25) is 0 Å². The Morgan fingerprint density at radius 2 is 1.14 bits per heavy atom. The molecule has 0 radical (unpaired) electrons. The Kier molecular flexibility index (Phi) is 6.84. The molecule has 3 aliphatic carbocycles. The SMILES string of the molecule is CC(C)[Si]1(C(C)C)O[C@@H]2[C@@H]3OC4(C[C@H]5CC[C@]4(C)C5(C)C)O[C@@H]3[C@@H](O)[C@H](O)[C@H]2O[Si](C(C)C)(C(C)C)O1. The summed E-state index contributed by atoms with van der Waals surface area (Å²) in [5.41, 5.74) is 0.550. The van der Waals surface area contributed by atoms with Gasteiger partial charge in [0.05, 0.1) is 0 Å². The molecule has 0 aromatic rings. The number of ether oxygens (including phenoxy) is 2. The molecule has 9 heteroatoms. The number of fused-ring (bicyclic) bond motifs is 6. The number of aliphatic hydroxyl groups excluding tert-OH is 2. The second-order valence-corrected chi connectivity index (χ2v) is 23.5. The van der Waals surface area contributed by atoms with Crippen molar-refractivity contribution in [1.82, 2.24) is 0 Å². The summed E-state index contributed by atoms with van der Waals surface area (Å²) >= 11 is 0. The lowest BCUT2D eigenvalue weighted by molar-refractivity contribution is -0.256. The van der Waals surface area contributed by atoms with E-state index in [2.05, 4.69) is 76.2 Å². The lowest BCUT2D eigenvalue weighted by Gasteiger charge is -2.46. The zero-order chi connectivity index (χ0) is 27.5. The average Bonchev–Trinajstić information content (AvgIpc) is 3.27. The molecule has 0 aromatic heterocycles. The normalized spacial score (nSPS) is 47.8. The zero-order valence-electron chi connectivity index (χ0n) is 24.9. The van der Waals surface area contributed by atoms with Gasteiger partial charge in [0.25, 0.3) is 0 Å². The molecule has 37 heavy (non-hydrogen) atoms. The largest absolute Gasteiger partial charge is 0.414 e. The highest BCUT2D eigenvalue weighted by atomic mass is 28.5. The van der Waals surface area contributed by atoms with E-state index in [-0.39, 0.29) is 33.0 Å². The van der Waals surface area contributed by atoms with E-state index in [0.717, 1.165) is 12.8 Å². The van der Waals surface area contributed by atoms with Gasteiger partial charge in [0.1, 0.15) is 36.6 Å². The van der Waals surface area contributed by atoms with E-state index in [9.17, 15) is 10.2 Å². The average molecular weight is 557 g/mol. The van der Waals surface area contributed by atoms with E-state index in [0.29, 0.717) is 5.92 Å². The van der Waals surface area contributed by atoms with Crippen LogP contribution >= 0.6 is 0 Å². The third-order valence-corrected chi connectivity index (χ3v) is 21.9. The second-order valence-electron chi connectivity index (χ2n) is 14.7. The topological polar surface area (TPSA) is 86.6 Å². The molecule has 2 aliphatic heterocycles. The Hall–Kier alpha value is 0.154. The fraction of sp³-hybridized carbons (Fsp3) is 1.00. The highest BCUT2D eigenvalue weighted by Gasteiger charge is 2.77. The lowest BCUT2D eigenvalue weighted by atomic mass is 9.68. The monoisotopic (exact) mass is 556 g/mol. The van der Waals surface area contributed by atoms with E-state index >= 15 is 0 Å². The van der Waals surface area contributed by atoms with Crippen molar-refractivity contribution in [2.45, 2.75) is 160 Å². The molecule has 5 fully saturated rings. The second kappa shape index (κ2) is 8.82. The van der Waals surface area contributed by atoms with Gasteiger partial charge in [0.15, 0.2) is 5.79 Å². The molecular formula is C28H52O7Si2. The quantitative estimate of drug-likeness (QED) is 0.450. The van der Waals surface area contributed by atoms with E-state index in [1.165, 1.54) is 6.42 Å². The summed E-state index contributed by atoms with van der Waals surface area (Å²) in [5.74, 6) is -0.280. The minimum absolute atomic E-state index is 0.0686. The fourth-order valence-electron chi connectivity index (χ4n) is 8.77. The number of rotatable bonds is 4. The molecular weight excluding hydrogens is 504 g/mol. The van der Waals surface area contributed by atoms with E-state index < -0.39 is 59.5 Å². The number of hydrogen-bond acceptors (Lipinski definition) is 7. The van der Waals surface area contributed by atoms with Crippen LogP contribution in [0.4, 0.5) is 0 Å². The summed E-state index contributed by atoms with van der Waals surface area (Å²) in [5, 5.41) is 23.1. The van der Waals surface area contributed by atoms with Gasteiger partial charge >= 0.3 is 17.1 Å². The molecule has 5 aliphatic rings. The Balaban J connectivity index is 1.62. The van der Waals surface area contributed by atoms with Crippen LogP contribution in [0.15, 0.2) is 0 Å². The Morgan fingerprint density at radius 3 is 1.57 bits per heavy atom. The number of aliphatic hydroxyl groups is 2. The van der Waals surface area contributed by atoms with Crippen LogP contribution in [-0.4, -0.2) is 69.7 Å². The van der Waals surface area contributed by atoms with Crippen LogP contribution in [0.5, 0.6) is 0 Å². The first kappa shape index (κ1) is 28.7. The van der Waals surface area contributed by atoms with Crippen molar-refractivity contribution < 1.29 is 32.7 Å². The molecule has 7 nitrogen and oxygen atoms in total. The first-order valence-electron chi connectivity index (χ1n) is 14.8. The van der Waals surface area contributed by atoms with Crippen LogP contribution in [0.1, 0.15) is 95.4 Å².